The molecule has 142 valence electrons. The van der Waals surface area contributed by atoms with Crippen molar-refractivity contribution in [3.05, 3.63) is 47.0 Å². The van der Waals surface area contributed by atoms with Gasteiger partial charge in [-0.1, -0.05) is 12.1 Å². The van der Waals surface area contributed by atoms with Crippen molar-refractivity contribution < 1.29 is 14.3 Å². The van der Waals surface area contributed by atoms with Gasteiger partial charge < -0.3 is 14.5 Å². The number of hydrogen-bond donors (Lipinski definition) is 0. The average Bonchev–Trinajstić information content (AvgIpc) is 2.69. The number of amides is 2. The fraction of sp³-hybridized carbons (Fsp3) is 0.368. The lowest BCUT2D eigenvalue weighted by molar-refractivity contribution is -0.138. The van der Waals surface area contributed by atoms with Crippen LogP contribution in [0.4, 0.5) is 0 Å². The average molecular weight is 370 g/mol. The van der Waals surface area contributed by atoms with E-state index in [-0.39, 0.29) is 23.9 Å². The molecule has 27 heavy (non-hydrogen) atoms. The zero-order valence-electron chi connectivity index (χ0n) is 15.4. The van der Waals surface area contributed by atoms with Gasteiger partial charge in [0.05, 0.1) is 19.1 Å². The largest absolute Gasteiger partial charge is 0.496 e. The number of aromatic nitrogens is 2. The standard InChI is InChI=1S/C19H22N4O4/c1-14(24)21-7-9-22(10-8-21)19(26)12-23-13-20-16(11-18(23)25)15-5-3-4-6-17(15)27-2/h3-6,11,13H,7-10,12H2,1-2H3. The molecule has 2 heterocycles. The van der Waals surface area contributed by atoms with Crippen LogP contribution in [0.1, 0.15) is 6.92 Å². The molecule has 1 saturated heterocycles. The minimum absolute atomic E-state index is 0.00875. The van der Waals surface area contributed by atoms with Crippen LogP contribution in [-0.2, 0) is 16.1 Å². The number of nitrogens with zero attached hydrogens (tertiary/aromatic N) is 4. The first kappa shape index (κ1) is 18.6. The van der Waals surface area contributed by atoms with Gasteiger partial charge in [0.1, 0.15) is 12.3 Å². The van der Waals surface area contributed by atoms with E-state index in [2.05, 4.69) is 4.98 Å². The van der Waals surface area contributed by atoms with Gasteiger partial charge >= 0.3 is 0 Å². The Morgan fingerprint density at radius 3 is 2.41 bits per heavy atom. The van der Waals surface area contributed by atoms with Gasteiger partial charge in [0.15, 0.2) is 0 Å². The van der Waals surface area contributed by atoms with Crippen molar-refractivity contribution >= 4 is 11.8 Å². The van der Waals surface area contributed by atoms with Crippen LogP contribution in [0, 0.1) is 0 Å². The Hall–Kier alpha value is -3.16. The van der Waals surface area contributed by atoms with Crippen LogP contribution in [0.3, 0.4) is 0 Å². The zero-order valence-corrected chi connectivity index (χ0v) is 15.4. The summed E-state index contributed by atoms with van der Waals surface area (Å²) in [5.74, 6) is 0.475. The summed E-state index contributed by atoms with van der Waals surface area (Å²) in [7, 11) is 1.56. The smallest absolute Gasteiger partial charge is 0.254 e. The maximum atomic E-state index is 12.5. The minimum Gasteiger partial charge on any atom is -0.496 e. The number of benzene rings is 1. The van der Waals surface area contributed by atoms with E-state index in [9.17, 15) is 14.4 Å². The number of ether oxygens (including phenoxy) is 1. The topological polar surface area (TPSA) is 84.7 Å². The number of para-hydroxylation sites is 1. The second-order valence-corrected chi connectivity index (χ2v) is 6.33. The summed E-state index contributed by atoms with van der Waals surface area (Å²) in [6.45, 7) is 3.42. The summed E-state index contributed by atoms with van der Waals surface area (Å²) in [5.41, 5.74) is 0.911. The molecule has 2 amide bonds. The fourth-order valence-electron chi connectivity index (χ4n) is 3.06. The zero-order chi connectivity index (χ0) is 19.4. The SMILES string of the molecule is COc1ccccc1-c1cc(=O)n(CC(=O)N2CCN(C(C)=O)CC2)cn1. The molecule has 1 aromatic carbocycles. The molecule has 1 aromatic heterocycles. The molecule has 0 atom stereocenters. The Bertz CT molecular complexity index is 901. The number of carbonyl (C=O) groups excluding carboxylic acids is 2. The molecule has 0 bridgehead atoms. The maximum Gasteiger partial charge on any atom is 0.254 e. The molecule has 0 N–H and O–H groups in total. The molecule has 1 fully saturated rings. The van der Waals surface area contributed by atoms with Crippen LogP contribution in [0.25, 0.3) is 11.3 Å². The molecule has 1 aliphatic rings. The highest BCUT2D eigenvalue weighted by Crippen LogP contribution is 2.26. The predicted octanol–water partition coefficient (Wildman–Crippen LogP) is 0.610. The second kappa shape index (κ2) is 8.03. The summed E-state index contributed by atoms with van der Waals surface area (Å²) in [6.07, 6.45) is 1.38. The monoisotopic (exact) mass is 370 g/mol. The summed E-state index contributed by atoms with van der Waals surface area (Å²) in [4.78, 5) is 43.9. The Kier molecular flexibility index (Phi) is 5.54. The molecule has 8 nitrogen and oxygen atoms in total. The first-order chi connectivity index (χ1) is 13.0. The number of piperazine rings is 1. The number of rotatable bonds is 4. The lowest BCUT2D eigenvalue weighted by atomic mass is 10.1. The summed E-state index contributed by atoms with van der Waals surface area (Å²) in [6, 6.07) is 8.71. The van der Waals surface area contributed by atoms with Gasteiger partial charge in [-0.25, -0.2) is 4.98 Å². The van der Waals surface area contributed by atoms with Crippen LogP contribution in [0.5, 0.6) is 5.75 Å². The molecule has 0 aliphatic carbocycles. The molecule has 0 spiro atoms. The summed E-state index contributed by atoms with van der Waals surface area (Å²) in [5, 5.41) is 0. The lowest BCUT2D eigenvalue weighted by Gasteiger charge is -2.34. The quantitative estimate of drug-likeness (QED) is 0.787. The van der Waals surface area contributed by atoms with E-state index >= 15 is 0 Å². The second-order valence-electron chi connectivity index (χ2n) is 6.33. The van der Waals surface area contributed by atoms with Gasteiger partial charge in [-0.3, -0.25) is 19.0 Å². The van der Waals surface area contributed by atoms with Gasteiger partial charge in [-0.2, -0.15) is 0 Å². The third-order valence-electron chi connectivity index (χ3n) is 4.65. The van der Waals surface area contributed by atoms with Crippen LogP contribution in [0.15, 0.2) is 41.5 Å². The van der Waals surface area contributed by atoms with Crippen molar-refractivity contribution in [2.45, 2.75) is 13.5 Å². The fourth-order valence-corrected chi connectivity index (χ4v) is 3.06. The Morgan fingerprint density at radius 2 is 1.78 bits per heavy atom. The first-order valence-corrected chi connectivity index (χ1v) is 8.72. The molecule has 1 aliphatic heterocycles. The molecular weight excluding hydrogens is 348 g/mol. The van der Waals surface area contributed by atoms with E-state index in [1.807, 2.05) is 18.2 Å². The summed E-state index contributed by atoms with van der Waals surface area (Å²) >= 11 is 0. The molecule has 0 radical (unpaired) electrons. The van der Waals surface area contributed by atoms with Crippen molar-refractivity contribution in [2.75, 3.05) is 33.3 Å². The van der Waals surface area contributed by atoms with Gasteiger partial charge in [0.2, 0.25) is 11.8 Å². The van der Waals surface area contributed by atoms with Crippen LogP contribution in [-0.4, -0.2) is 64.5 Å². The van der Waals surface area contributed by atoms with E-state index in [0.29, 0.717) is 37.6 Å². The lowest BCUT2D eigenvalue weighted by Crippen LogP contribution is -2.51. The highest BCUT2D eigenvalue weighted by molar-refractivity contribution is 5.77. The third kappa shape index (κ3) is 4.16. The highest BCUT2D eigenvalue weighted by Gasteiger charge is 2.22. The Labute approximate surface area is 157 Å². The van der Waals surface area contributed by atoms with E-state index in [1.54, 1.807) is 23.0 Å². The van der Waals surface area contributed by atoms with Crippen LogP contribution < -0.4 is 10.3 Å². The van der Waals surface area contributed by atoms with E-state index in [1.165, 1.54) is 23.9 Å². The molecular formula is C19H22N4O4. The molecule has 0 unspecified atom stereocenters. The number of carbonyl (C=O) groups is 2. The van der Waals surface area contributed by atoms with Crippen molar-refractivity contribution in [3.63, 3.8) is 0 Å². The Morgan fingerprint density at radius 1 is 1.11 bits per heavy atom. The van der Waals surface area contributed by atoms with E-state index in [0.717, 1.165) is 5.56 Å². The number of hydrogen-bond acceptors (Lipinski definition) is 5. The third-order valence-corrected chi connectivity index (χ3v) is 4.65. The van der Waals surface area contributed by atoms with Crippen LogP contribution >= 0.6 is 0 Å². The summed E-state index contributed by atoms with van der Waals surface area (Å²) < 4.78 is 6.59. The molecule has 0 saturated carbocycles. The van der Waals surface area contributed by atoms with Gasteiger partial charge in [0.25, 0.3) is 5.56 Å². The van der Waals surface area contributed by atoms with Crippen molar-refractivity contribution in [1.82, 2.24) is 19.4 Å². The molecule has 2 aromatic rings. The van der Waals surface area contributed by atoms with Crippen LogP contribution in [0.2, 0.25) is 0 Å². The first-order valence-electron chi connectivity index (χ1n) is 8.72. The van der Waals surface area contributed by atoms with Crippen molar-refractivity contribution in [3.8, 4) is 17.0 Å². The molecule has 3 rings (SSSR count). The van der Waals surface area contributed by atoms with E-state index < -0.39 is 0 Å². The van der Waals surface area contributed by atoms with Gasteiger partial charge in [-0.05, 0) is 12.1 Å². The highest BCUT2D eigenvalue weighted by atomic mass is 16.5. The molecule has 8 heteroatoms. The van der Waals surface area contributed by atoms with E-state index in [4.69, 9.17) is 4.74 Å². The van der Waals surface area contributed by atoms with Crippen molar-refractivity contribution in [2.24, 2.45) is 0 Å². The Balaban J connectivity index is 1.71. The van der Waals surface area contributed by atoms with Crippen molar-refractivity contribution in [1.29, 1.82) is 0 Å². The van der Waals surface area contributed by atoms with Gasteiger partial charge in [0, 0.05) is 44.7 Å². The van der Waals surface area contributed by atoms with Gasteiger partial charge in [-0.15, -0.1) is 0 Å². The number of methoxy groups -OCH3 is 1. The predicted molar refractivity (Wildman–Crippen MR) is 99.3 cm³/mol. The maximum absolute atomic E-state index is 12.5. The normalized spacial score (nSPS) is 14.1. The minimum atomic E-state index is -0.304.